The van der Waals surface area contributed by atoms with E-state index in [1.54, 1.807) is 0 Å². The van der Waals surface area contributed by atoms with Crippen molar-refractivity contribution < 1.29 is 4.74 Å². The van der Waals surface area contributed by atoms with Gasteiger partial charge in [-0.3, -0.25) is 4.99 Å². The van der Waals surface area contributed by atoms with E-state index in [0.29, 0.717) is 0 Å². The zero-order valence-corrected chi connectivity index (χ0v) is 14.4. The Bertz CT molecular complexity index is 531. The molecule has 1 heterocycles. The highest BCUT2D eigenvalue weighted by Gasteiger charge is 2.36. The standard InChI is InChI=1S/C19H29N3O/c1-18(14-23-15-18)12-21-17(20-2)22-13-19(10-6-7-11-19)16-8-4-3-5-9-16/h3-5,8-9H,6-7,10-15H2,1-2H3,(H2,20,21,22). The van der Waals surface area contributed by atoms with Gasteiger partial charge < -0.3 is 15.4 Å². The fraction of sp³-hybridized carbons (Fsp3) is 0.632. The summed E-state index contributed by atoms with van der Waals surface area (Å²) in [6.45, 7) is 5.78. The molecule has 4 nitrogen and oxygen atoms in total. The Morgan fingerprint density at radius 3 is 2.30 bits per heavy atom. The SMILES string of the molecule is CN=C(NCC1(C)COC1)NCC1(c2ccccc2)CCCC1. The minimum Gasteiger partial charge on any atom is -0.380 e. The van der Waals surface area contributed by atoms with Gasteiger partial charge in [-0.2, -0.15) is 0 Å². The van der Waals surface area contributed by atoms with Crippen LogP contribution < -0.4 is 10.6 Å². The summed E-state index contributed by atoms with van der Waals surface area (Å²) in [7, 11) is 1.85. The molecule has 0 amide bonds. The van der Waals surface area contributed by atoms with Crippen molar-refractivity contribution in [2.45, 2.75) is 38.0 Å². The van der Waals surface area contributed by atoms with Crippen LogP contribution in [0.3, 0.4) is 0 Å². The zero-order chi connectivity index (χ0) is 16.2. The zero-order valence-electron chi connectivity index (χ0n) is 14.4. The van der Waals surface area contributed by atoms with E-state index < -0.39 is 0 Å². The van der Waals surface area contributed by atoms with Crippen molar-refractivity contribution in [3.63, 3.8) is 0 Å². The molecule has 1 aromatic carbocycles. The molecule has 23 heavy (non-hydrogen) atoms. The molecule has 0 atom stereocenters. The van der Waals surface area contributed by atoms with Crippen LogP contribution in [0, 0.1) is 5.41 Å². The number of rotatable bonds is 5. The molecule has 1 aliphatic heterocycles. The molecule has 2 aliphatic rings. The van der Waals surface area contributed by atoms with Gasteiger partial charge in [0.1, 0.15) is 0 Å². The number of aliphatic imine (C=N–C) groups is 1. The average molecular weight is 315 g/mol. The van der Waals surface area contributed by atoms with Gasteiger partial charge in [0.25, 0.3) is 0 Å². The number of nitrogens with zero attached hydrogens (tertiary/aromatic N) is 1. The summed E-state index contributed by atoms with van der Waals surface area (Å²) >= 11 is 0. The van der Waals surface area contributed by atoms with Gasteiger partial charge in [-0.25, -0.2) is 0 Å². The van der Waals surface area contributed by atoms with Crippen molar-refractivity contribution in [1.82, 2.24) is 10.6 Å². The molecule has 126 valence electrons. The van der Waals surface area contributed by atoms with E-state index in [2.05, 4.69) is 52.9 Å². The largest absolute Gasteiger partial charge is 0.380 e. The van der Waals surface area contributed by atoms with Crippen LogP contribution in [0.2, 0.25) is 0 Å². The summed E-state index contributed by atoms with van der Waals surface area (Å²) in [5.41, 5.74) is 1.96. The van der Waals surface area contributed by atoms with Gasteiger partial charge in [-0.1, -0.05) is 50.1 Å². The second kappa shape index (κ2) is 6.91. The lowest BCUT2D eigenvalue weighted by molar-refractivity contribution is -0.0971. The molecular formula is C19H29N3O. The third kappa shape index (κ3) is 3.69. The van der Waals surface area contributed by atoms with Gasteiger partial charge in [-0.05, 0) is 18.4 Å². The quantitative estimate of drug-likeness (QED) is 0.649. The second-order valence-corrected chi connectivity index (χ2v) is 7.44. The highest BCUT2D eigenvalue weighted by atomic mass is 16.5. The first-order valence-corrected chi connectivity index (χ1v) is 8.74. The topological polar surface area (TPSA) is 45.7 Å². The summed E-state index contributed by atoms with van der Waals surface area (Å²) in [5, 5.41) is 7.03. The summed E-state index contributed by atoms with van der Waals surface area (Å²) in [6.07, 6.45) is 5.15. The van der Waals surface area contributed by atoms with E-state index in [1.165, 1.54) is 31.2 Å². The maximum absolute atomic E-state index is 5.32. The van der Waals surface area contributed by atoms with Gasteiger partial charge in [0.2, 0.25) is 0 Å². The van der Waals surface area contributed by atoms with Gasteiger partial charge >= 0.3 is 0 Å². The molecule has 0 bridgehead atoms. The Morgan fingerprint density at radius 1 is 1.09 bits per heavy atom. The molecule has 1 aliphatic carbocycles. The van der Waals surface area contributed by atoms with Crippen LogP contribution in [0.1, 0.15) is 38.2 Å². The number of nitrogens with one attached hydrogen (secondary N) is 2. The van der Waals surface area contributed by atoms with Gasteiger partial charge in [-0.15, -0.1) is 0 Å². The van der Waals surface area contributed by atoms with Gasteiger partial charge in [0.15, 0.2) is 5.96 Å². The Balaban J connectivity index is 1.60. The highest BCUT2D eigenvalue weighted by Crippen LogP contribution is 2.40. The number of hydrogen-bond acceptors (Lipinski definition) is 2. The van der Waals surface area contributed by atoms with E-state index in [4.69, 9.17) is 4.74 Å². The molecule has 2 N–H and O–H groups in total. The van der Waals surface area contributed by atoms with E-state index in [-0.39, 0.29) is 10.8 Å². The van der Waals surface area contributed by atoms with Gasteiger partial charge in [0.05, 0.1) is 13.2 Å². The van der Waals surface area contributed by atoms with Crippen LogP contribution in [-0.2, 0) is 10.2 Å². The normalized spacial score (nSPS) is 22.4. The highest BCUT2D eigenvalue weighted by molar-refractivity contribution is 5.79. The maximum atomic E-state index is 5.32. The molecule has 4 heteroatoms. The summed E-state index contributed by atoms with van der Waals surface area (Å²) < 4.78 is 5.32. The molecule has 0 radical (unpaired) electrons. The minimum atomic E-state index is 0.252. The van der Waals surface area contributed by atoms with Crippen LogP contribution in [0.4, 0.5) is 0 Å². The summed E-state index contributed by atoms with van der Waals surface area (Å²) in [4.78, 5) is 4.39. The molecule has 2 fully saturated rings. The lowest BCUT2D eigenvalue weighted by Crippen LogP contribution is -2.52. The molecule has 1 saturated heterocycles. The molecule has 3 rings (SSSR count). The number of guanidine groups is 1. The van der Waals surface area contributed by atoms with Crippen molar-refractivity contribution >= 4 is 5.96 Å². The van der Waals surface area contributed by atoms with E-state index in [9.17, 15) is 0 Å². The maximum Gasteiger partial charge on any atom is 0.191 e. The number of benzene rings is 1. The second-order valence-electron chi connectivity index (χ2n) is 7.44. The van der Waals surface area contributed by atoms with Crippen LogP contribution in [0.15, 0.2) is 35.3 Å². The van der Waals surface area contributed by atoms with Crippen LogP contribution in [-0.4, -0.2) is 39.3 Å². The third-order valence-electron chi connectivity index (χ3n) is 5.35. The first kappa shape index (κ1) is 16.3. The summed E-state index contributed by atoms with van der Waals surface area (Å²) in [6, 6.07) is 11.0. The predicted molar refractivity (Wildman–Crippen MR) is 94.9 cm³/mol. The van der Waals surface area contributed by atoms with Crippen LogP contribution in [0.5, 0.6) is 0 Å². The molecule has 1 saturated carbocycles. The van der Waals surface area contributed by atoms with Crippen molar-refractivity contribution in [3.8, 4) is 0 Å². The molecule has 1 aromatic rings. The average Bonchev–Trinajstić information content (AvgIpc) is 3.04. The molecule has 0 spiro atoms. The fourth-order valence-electron chi connectivity index (χ4n) is 3.73. The first-order chi connectivity index (χ1) is 11.2. The number of ether oxygens (including phenoxy) is 1. The summed E-state index contributed by atoms with van der Waals surface area (Å²) in [5.74, 6) is 0.903. The van der Waals surface area contributed by atoms with Crippen molar-refractivity contribution in [3.05, 3.63) is 35.9 Å². The van der Waals surface area contributed by atoms with Crippen molar-refractivity contribution in [1.29, 1.82) is 0 Å². The Kier molecular flexibility index (Phi) is 4.90. The van der Waals surface area contributed by atoms with E-state index in [0.717, 1.165) is 32.3 Å². The number of hydrogen-bond donors (Lipinski definition) is 2. The van der Waals surface area contributed by atoms with Crippen LogP contribution in [0.25, 0.3) is 0 Å². The predicted octanol–water partition coefficient (Wildman–Crippen LogP) is 2.70. The van der Waals surface area contributed by atoms with Crippen molar-refractivity contribution in [2.24, 2.45) is 10.4 Å². The lowest BCUT2D eigenvalue weighted by Gasteiger charge is -2.38. The minimum absolute atomic E-state index is 0.252. The fourth-order valence-corrected chi connectivity index (χ4v) is 3.73. The van der Waals surface area contributed by atoms with Crippen molar-refractivity contribution in [2.75, 3.05) is 33.4 Å². The monoisotopic (exact) mass is 315 g/mol. The van der Waals surface area contributed by atoms with Crippen LogP contribution >= 0.6 is 0 Å². The molecule has 0 aromatic heterocycles. The molecule has 0 unspecified atom stereocenters. The molecular weight excluding hydrogens is 286 g/mol. The smallest absolute Gasteiger partial charge is 0.191 e. The Morgan fingerprint density at radius 2 is 1.74 bits per heavy atom. The first-order valence-electron chi connectivity index (χ1n) is 8.74. The Hall–Kier alpha value is -1.55. The van der Waals surface area contributed by atoms with Gasteiger partial charge in [0, 0.05) is 31.0 Å². The lowest BCUT2D eigenvalue weighted by atomic mass is 9.79. The van der Waals surface area contributed by atoms with E-state index in [1.807, 2.05) is 7.05 Å². The third-order valence-corrected chi connectivity index (χ3v) is 5.35. The Labute approximate surface area is 139 Å². The van der Waals surface area contributed by atoms with E-state index >= 15 is 0 Å².